The Morgan fingerprint density at radius 2 is 1.70 bits per heavy atom. The number of rotatable bonds is 4. The number of benzene rings is 2. The molecule has 106 valence electrons. The van der Waals surface area contributed by atoms with Crippen molar-refractivity contribution in [2.45, 2.75) is 33.3 Å². The molecular weight excluding hydrogens is 251 g/mol. The van der Waals surface area contributed by atoms with Gasteiger partial charge in [-0.2, -0.15) is 0 Å². The van der Waals surface area contributed by atoms with E-state index in [4.69, 9.17) is 0 Å². The van der Waals surface area contributed by atoms with E-state index >= 15 is 0 Å². The van der Waals surface area contributed by atoms with Crippen molar-refractivity contribution in [1.29, 1.82) is 0 Å². The maximum atomic E-state index is 13.9. The van der Waals surface area contributed by atoms with E-state index in [1.165, 1.54) is 11.6 Å². The fourth-order valence-corrected chi connectivity index (χ4v) is 2.34. The van der Waals surface area contributed by atoms with Crippen LogP contribution in [0.15, 0.2) is 42.5 Å². The molecule has 0 aliphatic carbocycles. The minimum atomic E-state index is -0.913. The van der Waals surface area contributed by atoms with Gasteiger partial charge in [0.1, 0.15) is 11.9 Å². The quantitative estimate of drug-likeness (QED) is 0.873. The third-order valence-corrected chi connectivity index (χ3v) is 3.39. The van der Waals surface area contributed by atoms with Gasteiger partial charge in [0.2, 0.25) is 0 Å². The predicted octanol–water partition coefficient (Wildman–Crippen LogP) is 4.41. The minimum Gasteiger partial charge on any atom is -0.384 e. The van der Waals surface area contributed by atoms with Crippen LogP contribution < -0.4 is 0 Å². The lowest BCUT2D eigenvalue weighted by atomic mass is 9.97. The van der Waals surface area contributed by atoms with E-state index in [-0.39, 0.29) is 5.82 Å². The highest BCUT2D eigenvalue weighted by Gasteiger charge is 2.15. The molecule has 0 amide bonds. The van der Waals surface area contributed by atoms with Crippen LogP contribution in [0.4, 0.5) is 4.39 Å². The molecule has 2 aromatic rings. The van der Waals surface area contributed by atoms with Crippen molar-refractivity contribution < 1.29 is 9.50 Å². The van der Waals surface area contributed by atoms with Gasteiger partial charge in [-0.15, -0.1) is 0 Å². The predicted molar refractivity (Wildman–Crippen MR) is 80.2 cm³/mol. The first-order chi connectivity index (χ1) is 9.47. The summed E-state index contributed by atoms with van der Waals surface area (Å²) >= 11 is 0. The van der Waals surface area contributed by atoms with Crippen LogP contribution in [-0.2, 0) is 6.42 Å². The number of hydrogen-bond acceptors (Lipinski definition) is 1. The van der Waals surface area contributed by atoms with Gasteiger partial charge in [-0.1, -0.05) is 50.2 Å². The SMILES string of the molecule is Cc1ccc(C(O)c2ccc(CC(C)C)cc2)c(F)c1. The zero-order valence-electron chi connectivity index (χ0n) is 12.2. The van der Waals surface area contributed by atoms with E-state index in [0.29, 0.717) is 11.5 Å². The van der Waals surface area contributed by atoms with E-state index in [1.807, 2.05) is 37.3 Å². The van der Waals surface area contributed by atoms with E-state index in [9.17, 15) is 9.50 Å². The summed E-state index contributed by atoms with van der Waals surface area (Å²) in [7, 11) is 0. The fraction of sp³-hybridized carbons (Fsp3) is 0.333. The summed E-state index contributed by atoms with van der Waals surface area (Å²) in [5, 5.41) is 10.3. The Balaban J connectivity index is 2.22. The molecule has 0 saturated heterocycles. The van der Waals surface area contributed by atoms with Gasteiger partial charge in [0.15, 0.2) is 0 Å². The maximum absolute atomic E-state index is 13.9. The molecule has 1 nitrogen and oxygen atoms in total. The second-order valence-electron chi connectivity index (χ2n) is 5.77. The Kier molecular flexibility index (Phi) is 4.56. The van der Waals surface area contributed by atoms with Gasteiger partial charge in [0.05, 0.1) is 0 Å². The first-order valence-corrected chi connectivity index (χ1v) is 7.00. The van der Waals surface area contributed by atoms with Gasteiger partial charge in [-0.25, -0.2) is 4.39 Å². The van der Waals surface area contributed by atoms with Crippen molar-refractivity contribution in [3.05, 3.63) is 70.5 Å². The second kappa shape index (κ2) is 6.19. The molecule has 1 unspecified atom stereocenters. The summed E-state index contributed by atoms with van der Waals surface area (Å²) in [5.41, 5.74) is 3.14. The van der Waals surface area contributed by atoms with Crippen molar-refractivity contribution in [3.63, 3.8) is 0 Å². The maximum Gasteiger partial charge on any atom is 0.129 e. The fourth-order valence-electron chi connectivity index (χ4n) is 2.34. The van der Waals surface area contributed by atoms with Gasteiger partial charge in [0, 0.05) is 5.56 Å². The van der Waals surface area contributed by atoms with E-state index < -0.39 is 6.10 Å². The Bertz CT molecular complexity index is 572. The molecular formula is C18H21FO. The number of aryl methyl sites for hydroxylation is 1. The van der Waals surface area contributed by atoms with Crippen molar-refractivity contribution in [2.24, 2.45) is 5.92 Å². The zero-order valence-corrected chi connectivity index (χ0v) is 12.2. The highest BCUT2D eigenvalue weighted by atomic mass is 19.1. The van der Waals surface area contributed by atoms with Crippen LogP contribution in [0.25, 0.3) is 0 Å². The van der Waals surface area contributed by atoms with Crippen LogP contribution in [0, 0.1) is 18.7 Å². The molecule has 0 saturated carbocycles. The van der Waals surface area contributed by atoms with Crippen LogP contribution in [-0.4, -0.2) is 5.11 Å². The van der Waals surface area contributed by atoms with E-state index in [0.717, 1.165) is 17.5 Å². The molecule has 2 aromatic carbocycles. The molecule has 0 heterocycles. The second-order valence-corrected chi connectivity index (χ2v) is 5.77. The summed E-state index contributed by atoms with van der Waals surface area (Å²) in [6, 6.07) is 12.7. The van der Waals surface area contributed by atoms with Crippen LogP contribution >= 0.6 is 0 Å². The summed E-state index contributed by atoms with van der Waals surface area (Å²) in [6.45, 7) is 6.18. The largest absolute Gasteiger partial charge is 0.384 e. The Morgan fingerprint density at radius 3 is 2.25 bits per heavy atom. The Labute approximate surface area is 120 Å². The summed E-state index contributed by atoms with van der Waals surface area (Å²) in [4.78, 5) is 0. The average Bonchev–Trinajstić information content (AvgIpc) is 2.38. The van der Waals surface area contributed by atoms with Gasteiger partial charge in [0.25, 0.3) is 0 Å². The monoisotopic (exact) mass is 272 g/mol. The number of aliphatic hydroxyl groups excluding tert-OH is 1. The summed E-state index contributed by atoms with van der Waals surface area (Å²) in [6.07, 6.45) is 0.0960. The van der Waals surface area contributed by atoms with E-state index in [2.05, 4.69) is 13.8 Å². The molecule has 0 aromatic heterocycles. The normalized spacial score (nSPS) is 12.7. The molecule has 0 fully saturated rings. The van der Waals surface area contributed by atoms with Crippen LogP contribution in [0.5, 0.6) is 0 Å². The average molecular weight is 272 g/mol. The number of halogens is 1. The minimum absolute atomic E-state index is 0.326. The van der Waals surface area contributed by atoms with Gasteiger partial charge in [-0.3, -0.25) is 0 Å². The third-order valence-electron chi connectivity index (χ3n) is 3.39. The molecule has 0 spiro atoms. The van der Waals surface area contributed by atoms with Gasteiger partial charge < -0.3 is 5.11 Å². The lowest BCUT2D eigenvalue weighted by molar-refractivity contribution is 0.215. The molecule has 2 rings (SSSR count). The van der Waals surface area contributed by atoms with Crippen molar-refractivity contribution in [1.82, 2.24) is 0 Å². The Morgan fingerprint density at radius 1 is 1.05 bits per heavy atom. The molecule has 0 aliphatic heterocycles. The molecule has 0 aliphatic rings. The first kappa shape index (κ1) is 14.7. The smallest absolute Gasteiger partial charge is 0.129 e. The lowest BCUT2D eigenvalue weighted by Crippen LogP contribution is -2.03. The zero-order chi connectivity index (χ0) is 14.7. The molecule has 20 heavy (non-hydrogen) atoms. The van der Waals surface area contributed by atoms with Crippen molar-refractivity contribution in [3.8, 4) is 0 Å². The molecule has 1 N–H and O–H groups in total. The highest BCUT2D eigenvalue weighted by molar-refractivity contribution is 5.34. The molecule has 0 radical (unpaired) electrons. The lowest BCUT2D eigenvalue weighted by Gasteiger charge is -2.14. The third kappa shape index (κ3) is 3.45. The first-order valence-electron chi connectivity index (χ1n) is 7.00. The van der Waals surface area contributed by atoms with Crippen LogP contribution in [0.2, 0.25) is 0 Å². The summed E-state index contributed by atoms with van der Waals surface area (Å²) in [5.74, 6) is 0.240. The van der Waals surface area contributed by atoms with E-state index in [1.54, 1.807) is 6.07 Å². The molecule has 2 heteroatoms. The standard InChI is InChI=1S/C18H21FO/c1-12(2)10-14-5-7-15(8-6-14)18(20)16-9-4-13(3)11-17(16)19/h4-9,11-12,18,20H,10H2,1-3H3. The topological polar surface area (TPSA) is 20.2 Å². The highest BCUT2D eigenvalue weighted by Crippen LogP contribution is 2.25. The van der Waals surface area contributed by atoms with Crippen LogP contribution in [0.1, 0.15) is 42.2 Å². The Hall–Kier alpha value is -1.67. The molecule has 1 atom stereocenters. The van der Waals surface area contributed by atoms with Gasteiger partial charge in [-0.05, 0) is 42.0 Å². The van der Waals surface area contributed by atoms with Gasteiger partial charge >= 0.3 is 0 Å². The summed E-state index contributed by atoms with van der Waals surface area (Å²) < 4.78 is 13.9. The number of aliphatic hydroxyl groups is 1. The van der Waals surface area contributed by atoms with Crippen molar-refractivity contribution in [2.75, 3.05) is 0 Å². The van der Waals surface area contributed by atoms with Crippen molar-refractivity contribution >= 4 is 0 Å². The number of hydrogen-bond donors (Lipinski definition) is 1. The molecule has 0 bridgehead atoms. The van der Waals surface area contributed by atoms with Crippen LogP contribution in [0.3, 0.4) is 0 Å².